The second kappa shape index (κ2) is 5.32. The van der Waals surface area contributed by atoms with Crippen molar-refractivity contribution in [1.82, 2.24) is 9.55 Å². The van der Waals surface area contributed by atoms with Gasteiger partial charge in [0.05, 0.1) is 31.4 Å². The summed E-state index contributed by atoms with van der Waals surface area (Å²) in [6, 6.07) is 9.66. The molecule has 2 aromatic rings. The van der Waals surface area contributed by atoms with Crippen LogP contribution >= 0.6 is 0 Å². The normalized spacial score (nSPS) is 10.3. The van der Waals surface area contributed by atoms with E-state index in [0.717, 1.165) is 11.4 Å². The molecule has 0 unspecified atom stereocenters. The molecular weight excluding hydrogens is 204 g/mol. The standard InChI is InChI=1S/C12H14N2O2/c15-9-11-8-13-10-14(11)6-7-16-12-4-2-1-3-5-12/h1-5,8,10,15H,6-7,9H2. The number of hydrogen-bond donors (Lipinski definition) is 1. The summed E-state index contributed by atoms with van der Waals surface area (Å²) in [7, 11) is 0. The summed E-state index contributed by atoms with van der Waals surface area (Å²) in [5.74, 6) is 0.855. The number of imidazole rings is 1. The minimum Gasteiger partial charge on any atom is -0.492 e. The van der Waals surface area contributed by atoms with Crippen LogP contribution in [0.3, 0.4) is 0 Å². The lowest BCUT2D eigenvalue weighted by Gasteiger charge is -2.08. The monoisotopic (exact) mass is 218 g/mol. The molecule has 0 aliphatic carbocycles. The van der Waals surface area contributed by atoms with Gasteiger partial charge in [0.2, 0.25) is 0 Å². The van der Waals surface area contributed by atoms with E-state index in [4.69, 9.17) is 9.84 Å². The molecule has 4 heteroatoms. The van der Waals surface area contributed by atoms with Gasteiger partial charge in [-0.05, 0) is 12.1 Å². The van der Waals surface area contributed by atoms with Gasteiger partial charge in [-0.3, -0.25) is 0 Å². The van der Waals surface area contributed by atoms with Crippen LogP contribution in [-0.2, 0) is 13.2 Å². The zero-order valence-electron chi connectivity index (χ0n) is 8.91. The van der Waals surface area contributed by atoms with Crippen molar-refractivity contribution >= 4 is 0 Å². The lowest BCUT2D eigenvalue weighted by Crippen LogP contribution is -2.09. The van der Waals surface area contributed by atoms with E-state index in [1.54, 1.807) is 12.5 Å². The molecule has 2 rings (SSSR count). The Hall–Kier alpha value is -1.81. The van der Waals surface area contributed by atoms with Crippen LogP contribution < -0.4 is 4.74 Å². The average molecular weight is 218 g/mol. The van der Waals surface area contributed by atoms with Gasteiger partial charge in [0.1, 0.15) is 12.4 Å². The van der Waals surface area contributed by atoms with Gasteiger partial charge < -0.3 is 14.4 Å². The van der Waals surface area contributed by atoms with Gasteiger partial charge in [-0.15, -0.1) is 0 Å². The molecule has 0 aliphatic heterocycles. The Balaban J connectivity index is 1.85. The highest BCUT2D eigenvalue weighted by Crippen LogP contribution is 2.08. The van der Waals surface area contributed by atoms with Crippen LogP contribution in [0.2, 0.25) is 0 Å². The second-order valence-electron chi connectivity index (χ2n) is 3.40. The largest absolute Gasteiger partial charge is 0.492 e. The number of rotatable bonds is 5. The second-order valence-corrected chi connectivity index (χ2v) is 3.40. The minimum atomic E-state index is 0.00529. The Bertz CT molecular complexity index is 426. The van der Waals surface area contributed by atoms with Gasteiger partial charge >= 0.3 is 0 Å². The molecule has 0 fully saturated rings. The number of aliphatic hydroxyl groups excluding tert-OH is 1. The van der Waals surface area contributed by atoms with E-state index in [0.29, 0.717) is 13.2 Å². The van der Waals surface area contributed by atoms with E-state index in [1.165, 1.54) is 0 Å². The molecule has 0 amide bonds. The van der Waals surface area contributed by atoms with Crippen LogP contribution in [0.4, 0.5) is 0 Å². The summed E-state index contributed by atoms with van der Waals surface area (Å²) < 4.78 is 7.43. The van der Waals surface area contributed by atoms with Crippen molar-refractivity contribution in [3.05, 3.63) is 48.5 Å². The van der Waals surface area contributed by atoms with Crippen LogP contribution in [0, 0.1) is 0 Å². The SMILES string of the molecule is OCc1cncn1CCOc1ccccc1. The Morgan fingerprint density at radius 1 is 1.25 bits per heavy atom. The molecular formula is C12H14N2O2. The molecule has 84 valence electrons. The molecule has 1 aromatic carbocycles. The molecule has 1 aromatic heterocycles. The fraction of sp³-hybridized carbons (Fsp3) is 0.250. The number of nitrogens with zero attached hydrogens (tertiary/aromatic N) is 2. The molecule has 1 N–H and O–H groups in total. The first kappa shape index (κ1) is 10.7. The first-order valence-electron chi connectivity index (χ1n) is 5.18. The molecule has 0 saturated carbocycles. The highest BCUT2D eigenvalue weighted by Gasteiger charge is 2.00. The topological polar surface area (TPSA) is 47.3 Å². The molecule has 16 heavy (non-hydrogen) atoms. The van der Waals surface area contributed by atoms with E-state index >= 15 is 0 Å². The van der Waals surface area contributed by atoms with Crippen molar-refractivity contribution in [3.8, 4) is 5.75 Å². The quantitative estimate of drug-likeness (QED) is 0.826. The summed E-state index contributed by atoms with van der Waals surface area (Å²) >= 11 is 0. The van der Waals surface area contributed by atoms with E-state index in [9.17, 15) is 0 Å². The summed E-state index contributed by atoms with van der Waals surface area (Å²) in [4.78, 5) is 3.97. The minimum absolute atomic E-state index is 0.00529. The van der Waals surface area contributed by atoms with Gasteiger partial charge in [-0.2, -0.15) is 0 Å². The predicted molar refractivity (Wildman–Crippen MR) is 60.1 cm³/mol. The number of aliphatic hydroxyl groups is 1. The molecule has 0 bridgehead atoms. The third-order valence-electron chi connectivity index (χ3n) is 2.30. The summed E-state index contributed by atoms with van der Waals surface area (Å²) in [6.07, 6.45) is 3.35. The van der Waals surface area contributed by atoms with E-state index < -0.39 is 0 Å². The summed E-state index contributed by atoms with van der Waals surface area (Å²) in [5.41, 5.74) is 0.802. The van der Waals surface area contributed by atoms with Gasteiger partial charge in [-0.25, -0.2) is 4.98 Å². The van der Waals surface area contributed by atoms with E-state index in [2.05, 4.69) is 4.98 Å². The van der Waals surface area contributed by atoms with Gasteiger partial charge in [0.15, 0.2) is 0 Å². The Morgan fingerprint density at radius 3 is 2.81 bits per heavy atom. The Labute approximate surface area is 94.1 Å². The lowest BCUT2D eigenvalue weighted by molar-refractivity contribution is 0.259. The van der Waals surface area contributed by atoms with Crippen LogP contribution in [-0.4, -0.2) is 21.3 Å². The molecule has 0 aliphatic rings. The van der Waals surface area contributed by atoms with Crippen molar-refractivity contribution in [1.29, 1.82) is 0 Å². The molecule has 0 spiro atoms. The third-order valence-corrected chi connectivity index (χ3v) is 2.30. The fourth-order valence-electron chi connectivity index (χ4n) is 1.46. The first-order valence-corrected chi connectivity index (χ1v) is 5.18. The van der Waals surface area contributed by atoms with E-state index in [1.807, 2.05) is 34.9 Å². The highest BCUT2D eigenvalue weighted by molar-refractivity contribution is 5.20. The fourth-order valence-corrected chi connectivity index (χ4v) is 1.46. The van der Waals surface area contributed by atoms with E-state index in [-0.39, 0.29) is 6.61 Å². The number of benzene rings is 1. The number of aromatic nitrogens is 2. The summed E-state index contributed by atoms with van der Waals surface area (Å²) in [6.45, 7) is 1.25. The first-order chi connectivity index (χ1) is 7.90. The molecule has 4 nitrogen and oxygen atoms in total. The molecule has 0 radical (unpaired) electrons. The van der Waals surface area contributed by atoms with Crippen molar-refractivity contribution in [2.45, 2.75) is 13.2 Å². The maximum atomic E-state index is 9.02. The Kier molecular flexibility index (Phi) is 3.56. The smallest absolute Gasteiger partial charge is 0.119 e. The maximum absolute atomic E-state index is 9.02. The number of hydrogen-bond acceptors (Lipinski definition) is 3. The van der Waals surface area contributed by atoms with Crippen molar-refractivity contribution in [2.75, 3.05) is 6.61 Å². The van der Waals surface area contributed by atoms with Gasteiger partial charge in [-0.1, -0.05) is 18.2 Å². The average Bonchev–Trinajstić information content (AvgIpc) is 2.78. The van der Waals surface area contributed by atoms with Crippen molar-refractivity contribution in [2.24, 2.45) is 0 Å². The Morgan fingerprint density at radius 2 is 2.06 bits per heavy atom. The molecule has 0 saturated heterocycles. The van der Waals surface area contributed by atoms with Crippen LogP contribution in [0.1, 0.15) is 5.69 Å². The van der Waals surface area contributed by atoms with Crippen molar-refractivity contribution in [3.63, 3.8) is 0 Å². The van der Waals surface area contributed by atoms with Crippen LogP contribution in [0.25, 0.3) is 0 Å². The molecule has 1 heterocycles. The molecule has 0 atom stereocenters. The van der Waals surface area contributed by atoms with Crippen LogP contribution in [0.15, 0.2) is 42.9 Å². The predicted octanol–water partition coefficient (Wildman–Crippen LogP) is 1.45. The van der Waals surface area contributed by atoms with Gasteiger partial charge in [0.25, 0.3) is 0 Å². The third kappa shape index (κ3) is 2.61. The number of ether oxygens (including phenoxy) is 1. The maximum Gasteiger partial charge on any atom is 0.119 e. The van der Waals surface area contributed by atoms with Crippen LogP contribution in [0.5, 0.6) is 5.75 Å². The zero-order chi connectivity index (χ0) is 11.2. The van der Waals surface area contributed by atoms with Crippen molar-refractivity contribution < 1.29 is 9.84 Å². The number of para-hydroxylation sites is 1. The zero-order valence-corrected chi connectivity index (χ0v) is 8.91. The lowest BCUT2D eigenvalue weighted by atomic mass is 10.3. The van der Waals surface area contributed by atoms with Gasteiger partial charge in [0, 0.05) is 0 Å². The highest BCUT2D eigenvalue weighted by atomic mass is 16.5. The summed E-state index contributed by atoms with van der Waals surface area (Å²) in [5, 5.41) is 9.02.